The first-order valence-electron chi connectivity index (χ1n) is 7.28. The van der Waals surface area contributed by atoms with Crippen LogP contribution in [0, 0.1) is 0 Å². The summed E-state index contributed by atoms with van der Waals surface area (Å²) >= 11 is 19.1. The van der Waals surface area contributed by atoms with Crippen molar-refractivity contribution in [2.75, 3.05) is 0 Å². The number of hydrogen-bond acceptors (Lipinski definition) is 1. The number of benzene rings is 2. The van der Waals surface area contributed by atoms with Gasteiger partial charge in [-0.3, -0.25) is 0 Å². The lowest BCUT2D eigenvalue weighted by Gasteiger charge is -2.20. The molecule has 3 aromatic rings. The molecule has 0 radical (unpaired) electrons. The predicted octanol–water partition coefficient (Wildman–Crippen LogP) is 5.87. The van der Waals surface area contributed by atoms with E-state index in [1.165, 1.54) is 0 Å². The van der Waals surface area contributed by atoms with E-state index in [2.05, 4.69) is 11.1 Å². The average Bonchev–Trinajstić information content (AvgIpc) is 3.03. The van der Waals surface area contributed by atoms with E-state index < -0.39 is 0 Å². The SMILES string of the molecule is Clc1ccccc1[C@H](Cc1c(Cl)cccc1Cl)Cn1ccnc1. The van der Waals surface area contributed by atoms with Crippen molar-refractivity contribution in [3.8, 4) is 0 Å². The maximum atomic E-state index is 6.41. The molecule has 0 spiro atoms. The number of imidazole rings is 1. The van der Waals surface area contributed by atoms with E-state index in [1.807, 2.05) is 47.2 Å². The number of aromatic nitrogens is 2. The highest BCUT2D eigenvalue weighted by molar-refractivity contribution is 6.36. The van der Waals surface area contributed by atoms with Crippen LogP contribution in [0.4, 0.5) is 0 Å². The molecule has 1 heterocycles. The number of nitrogens with zero attached hydrogens (tertiary/aromatic N) is 2. The van der Waals surface area contributed by atoms with E-state index in [9.17, 15) is 0 Å². The summed E-state index contributed by atoms with van der Waals surface area (Å²) in [5, 5.41) is 2.11. The zero-order chi connectivity index (χ0) is 16.2. The molecule has 0 aliphatic carbocycles. The first kappa shape index (κ1) is 16.4. The maximum absolute atomic E-state index is 6.41. The monoisotopic (exact) mass is 364 g/mol. The second-order valence-electron chi connectivity index (χ2n) is 5.38. The summed E-state index contributed by atoms with van der Waals surface area (Å²) in [6.45, 7) is 0.755. The summed E-state index contributed by atoms with van der Waals surface area (Å²) in [4.78, 5) is 4.11. The Bertz CT molecular complexity index is 764. The highest BCUT2D eigenvalue weighted by Crippen LogP contribution is 2.34. The van der Waals surface area contributed by atoms with Crippen molar-refractivity contribution in [3.05, 3.63) is 87.4 Å². The number of rotatable bonds is 5. The fourth-order valence-corrected chi connectivity index (χ4v) is 3.54. The van der Waals surface area contributed by atoms with Crippen LogP contribution in [-0.2, 0) is 13.0 Å². The van der Waals surface area contributed by atoms with Crippen molar-refractivity contribution in [3.63, 3.8) is 0 Å². The van der Waals surface area contributed by atoms with E-state index in [1.54, 1.807) is 12.5 Å². The van der Waals surface area contributed by atoms with Gasteiger partial charge in [0.25, 0.3) is 0 Å². The number of halogens is 3. The molecule has 0 saturated heterocycles. The Morgan fingerprint density at radius 1 is 0.913 bits per heavy atom. The van der Waals surface area contributed by atoms with Crippen molar-refractivity contribution in [2.24, 2.45) is 0 Å². The van der Waals surface area contributed by atoms with Crippen molar-refractivity contribution in [2.45, 2.75) is 18.9 Å². The molecular weight excluding hydrogens is 351 g/mol. The molecule has 1 atom stereocenters. The molecule has 0 amide bonds. The summed E-state index contributed by atoms with van der Waals surface area (Å²) in [6, 6.07) is 13.5. The Morgan fingerprint density at radius 2 is 1.61 bits per heavy atom. The lowest BCUT2D eigenvalue weighted by atomic mass is 9.91. The minimum Gasteiger partial charge on any atom is -0.337 e. The van der Waals surface area contributed by atoms with E-state index in [-0.39, 0.29) is 5.92 Å². The van der Waals surface area contributed by atoms with Gasteiger partial charge in [0, 0.05) is 39.9 Å². The zero-order valence-corrected chi connectivity index (χ0v) is 14.6. The lowest BCUT2D eigenvalue weighted by molar-refractivity contribution is 0.556. The van der Waals surface area contributed by atoms with Gasteiger partial charge in [-0.1, -0.05) is 59.1 Å². The molecule has 0 aliphatic rings. The van der Waals surface area contributed by atoms with Crippen LogP contribution in [0.3, 0.4) is 0 Å². The van der Waals surface area contributed by atoms with Crippen LogP contribution in [-0.4, -0.2) is 9.55 Å². The quantitative estimate of drug-likeness (QED) is 0.553. The second-order valence-corrected chi connectivity index (χ2v) is 6.60. The fourth-order valence-electron chi connectivity index (χ4n) is 2.70. The second kappa shape index (κ2) is 7.39. The van der Waals surface area contributed by atoms with Crippen molar-refractivity contribution in [1.29, 1.82) is 0 Å². The summed E-state index contributed by atoms with van der Waals surface area (Å²) in [5.74, 6) is 0.148. The van der Waals surface area contributed by atoms with Gasteiger partial charge in [0.05, 0.1) is 6.33 Å². The van der Waals surface area contributed by atoms with Crippen molar-refractivity contribution in [1.82, 2.24) is 9.55 Å². The Labute approximate surface area is 150 Å². The Morgan fingerprint density at radius 3 is 2.26 bits per heavy atom. The molecule has 1 aromatic heterocycles. The average molecular weight is 366 g/mol. The topological polar surface area (TPSA) is 17.8 Å². The molecule has 0 saturated carbocycles. The molecule has 0 N–H and O–H groups in total. The summed E-state index contributed by atoms with van der Waals surface area (Å²) < 4.78 is 2.04. The van der Waals surface area contributed by atoms with E-state index in [0.29, 0.717) is 16.5 Å². The first-order chi connectivity index (χ1) is 11.1. The smallest absolute Gasteiger partial charge is 0.0946 e. The number of hydrogen-bond donors (Lipinski definition) is 0. The van der Waals surface area contributed by atoms with Crippen LogP contribution in [0.5, 0.6) is 0 Å². The van der Waals surface area contributed by atoms with Gasteiger partial charge in [-0.05, 0) is 35.7 Å². The van der Waals surface area contributed by atoms with Crippen LogP contribution in [0.1, 0.15) is 17.0 Å². The predicted molar refractivity (Wildman–Crippen MR) is 96.6 cm³/mol. The third-order valence-electron chi connectivity index (χ3n) is 3.85. The van der Waals surface area contributed by atoms with E-state index in [4.69, 9.17) is 34.8 Å². The first-order valence-corrected chi connectivity index (χ1v) is 8.41. The molecular formula is C18H15Cl3N2. The molecule has 2 aromatic carbocycles. The normalized spacial score (nSPS) is 12.3. The molecule has 2 nitrogen and oxygen atoms in total. The minimum absolute atomic E-state index is 0.148. The largest absolute Gasteiger partial charge is 0.337 e. The van der Waals surface area contributed by atoms with Gasteiger partial charge in [-0.2, -0.15) is 0 Å². The van der Waals surface area contributed by atoms with Crippen LogP contribution >= 0.6 is 34.8 Å². The summed E-state index contributed by atoms with van der Waals surface area (Å²) in [7, 11) is 0. The van der Waals surface area contributed by atoms with E-state index in [0.717, 1.165) is 22.7 Å². The van der Waals surface area contributed by atoms with Crippen molar-refractivity contribution >= 4 is 34.8 Å². The van der Waals surface area contributed by atoms with Crippen LogP contribution in [0.25, 0.3) is 0 Å². The fraction of sp³-hybridized carbons (Fsp3) is 0.167. The van der Waals surface area contributed by atoms with E-state index >= 15 is 0 Å². The minimum atomic E-state index is 0.148. The maximum Gasteiger partial charge on any atom is 0.0946 e. The van der Waals surface area contributed by atoms with Crippen LogP contribution < -0.4 is 0 Å². The zero-order valence-electron chi connectivity index (χ0n) is 12.3. The highest BCUT2D eigenvalue weighted by atomic mass is 35.5. The molecule has 118 valence electrons. The summed E-state index contributed by atoms with van der Waals surface area (Å²) in [6.07, 6.45) is 6.22. The summed E-state index contributed by atoms with van der Waals surface area (Å²) in [5.41, 5.74) is 2.03. The van der Waals surface area contributed by atoms with Gasteiger partial charge >= 0.3 is 0 Å². The van der Waals surface area contributed by atoms with Crippen LogP contribution in [0.2, 0.25) is 15.1 Å². The Kier molecular flexibility index (Phi) is 5.27. The van der Waals surface area contributed by atoms with Gasteiger partial charge < -0.3 is 4.57 Å². The van der Waals surface area contributed by atoms with Gasteiger partial charge in [-0.15, -0.1) is 0 Å². The van der Waals surface area contributed by atoms with Gasteiger partial charge in [0.15, 0.2) is 0 Å². The standard InChI is InChI=1S/C18H15Cl3N2/c19-16-5-2-1-4-14(16)13(11-23-9-8-22-12-23)10-15-17(20)6-3-7-18(15)21/h1-9,12-13H,10-11H2/t13-/m1/s1. The molecule has 0 bridgehead atoms. The molecule has 0 aliphatic heterocycles. The van der Waals surface area contributed by atoms with Crippen molar-refractivity contribution < 1.29 is 0 Å². The molecule has 23 heavy (non-hydrogen) atoms. The van der Waals surface area contributed by atoms with Gasteiger partial charge in [-0.25, -0.2) is 4.98 Å². The third kappa shape index (κ3) is 3.89. The van der Waals surface area contributed by atoms with Gasteiger partial charge in [0.2, 0.25) is 0 Å². The van der Waals surface area contributed by atoms with Crippen LogP contribution in [0.15, 0.2) is 61.2 Å². The highest BCUT2D eigenvalue weighted by Gasteiger charge is 2.19. The molecule has 0 unspecified atom stereocenters. The van der Waals surface area contributed by atoms with Gasteiger partial charge in [0.1, 0.15) is 0 Å². The third-order valence-corrected chi connectivity index (χ3v) is 4.90. The molecule has 3 rings (SSSR count). The molecule has 5 heteroatoms. The Hall–Kier alpha value is -1.48. The lowest BCUT2D eigenvalue weighted by Crippen LogP contribution is -2.12. The Balaban J connectivity index is 1.97. The molecule has 0 fully saturated rings.